The van der Waals surface area contributed by atoms with Gasteiger partial charge >= 0.3 is 0 Å². The lowest BCUT2D eigenvalue weighted by Gasteiger charge is -2.40. The van der Waals surface area contributed by atoms with Gasteiger partial charge < -0.3 is 34.6 Å². The van der Waals surface area contributed by atoms with Crippen molar-refractivity contribution in [3.05, 3.63) is 68.6 Å². The molecule has 0 aromatic heterocycles. The first-order valence-corrected chi connectivity index (χ1v) is 13.6. The Morgan fingerprint density at radius 3 is 2.58 bits per heavy atom. The molecule has 0 saturated heterocycles. The van der Waals surface area contributed by atoms with Gasteiger partial charge in [-0.05, 0) is 58.5 Å². The average molecular weight is 670 g/mol. The summed E-state index contributed by atoms with van der Waals surface area (Å²) in [6.45, 7) is -0.0765. The minimum absolute atomic E-state index is 0.00346. The molecule has 0 heterocycles. The zero-order valence-corrected chi connectivity index (χ0v) is 24.3. The average Bonchev–Trinajstić information content (AvgIpc) is 2.96. The summed E-state index contributed by atoms with van der Waals surface area (Å²) >= 11 is 1.98. The number of nitrogens with one attached hydrogen (secondary N) is 1. The lowest BCUT2D eigenvalue weighted by atomic mass is 9.87. The number of rotatable bonds is 13. The highest BCUT2D eigenvalue weighted by Gasteiger charge is 2.41. The van der Waals surface area contributed by atoms with E-state index >= 15 is 0 Å². The standard InChI is InChI=1S/C28H32FIN2O8/c1-38-10-7-25(35)32(15-17-3-5-20(29)6-4-17)22-13-19(28(37)31-8-9-33)14-23(26(22)36)40-27-21(30)11-18(16-34)12-24(27)39-2/h3-6,11-12,14,16,22-23,26,33,36H,7-10,13,15H2,1-2H3,(H,31,37)/t22-,23+,26+/m1/s1. The van der Waals surface area contributed by atoms with Crippen molar-refractivity contribution < 1.29 is 43.2 Å². The number of amides is 2. The van der Waals surface area contributed by atoms with E-state index in [4.69, 9.17) is 14.2 Å². The van der Waals surface area contributed by atoms with Crippen LogP contribution in [0.1, 0.15) is 28.8 Å². The second kappa shape index (κ2) is 15.1. The fourth-order valence-corrected chi connectivity index (χ4v) is 5.10. The number of aliphatic hydroxyl groups excluding tert-OH is 2. The van der Waals surface area contributed by atoms with Crippen molar-refractivity contribution in [3.8, 4) is 11.5 Å². The van der Waals surface area contributed by atoms with Crippen LogP contribution in [0.5, 0.6) is 11.5 Å². The molecule has 3 rings (SSSR count). The van der Waals surface area contributed by atoms with Crippen LogP contribution >= 0.6 is 22.6 Å². The molecule has 0 aliphatic heterocycles. The Morgan fingerprint density at radius 2 is 1.95 bits per heavy atom. The number of carbonyl (C=O) groups is 3. The minimum Gasteiger partial charge on any atom is -0.493 e. The van der Waals surface area contributed by atoms with E-state index in [1.54, 1.807) is 18.2 Å². The summed E-state index contributed by atoms with van der Waals surface area (Å²) in [5.74, 6) is -0.748. The van der Waals surface area contributed by atoms with Gasteiger partial charge in [-0.15, -0.1) is 0 Å². The minimum atomic E-state index is -1.28. The summed E-state index contributed by atoms with van der Waals surface area (Å²) in [7, 11) is 2.88. The summed E-state index contributed by atoms with van der Waals surface area (Å²) < 4.78 is 30.8. The van der Waals surface area contributed by atoms with Crippen LogP contribution in [0.4, 0.5) is 4.39 Å². The third-order valence-corrected chi connectivity index (χ3v) is 7.16. The Hall–Kier alpha value is -3.07. The number of methoxy groups -OCH3 is 2. The van der Waals surface area contributed by atoms with Gasteiger partial charge in [-0.2, -0.15) is 0 Å². The molecule has 0 fully saturated rings. The van der Waals surface area contributed by atoms with Crippen molar-refractivity contribution in [2.24, 2.45) is 0 Å². The number of halogens is 2. The zero-order valence-electron chi connectivity index (χ0n) is 22.1. The Balaban J connectivity index is 2.03. The van der Waals surface area contributed by atoms with E-state index in [-0.39, 0.29) is 62.1 Å². The molecule has 1 aliphatic carbocycles. The predicted octanol–water partition coefficient (Wildman–Crippen LogP) is 2.23. The highest BCUT2D eigenvalue weighted by atomic mass is 127. The molecular weight excluding hydrogens is 638 g/mol. The van der Waals surface area contributed by atoms with Gasteiger partial charge in [-0.3, -0.25) is 14.4 Å². The van der Waals surface area contributed by atoms with E-state index in [1.807, 2.05) is 22.6 Å². The highest BCUT2D eigenvalue weighted by molar-refractivity contribution is 14.1. The van der Waals surface area contributed by atoms with Gasteiger partial charge in [0, 0.05) is 37.8 Å². The van der Waals surface area contributed by atoms with Gasteiger partial charge in [0.1, 0.15) is 24.3 Å². The maximum atomic E-state index is 13.6. The maximum Gasteiger partial charge on any atom is 0.247 e. The molecule has 0 spiro atoms. The lowest BCUT2D eigenvalue weighted by Crippen LogP contribution is -2.55. The number of benzene rings is 2. The van der Waals surface area contributed by atoms with Crippen LogP contribution in [0.25, 0.3) is 0 Å². The number of ether oxygens (including phenoxy) is 3. The molecule has 12 heteroatoms. The molecule has 3 atom stereocenters. The van der Waals surface area contributed by atoms with E-state index in [2.05, 4.69) is 5.32 Å². The molecule has 0 radical (unpaired) electrons. The summed E-state index contributed by atoms with van der Waals surface area (Å²) in [6, 6.07) is 7.82. The fourth-order valence-electron chi connectivity index (χ4n) is 4.35. The molecule has 0 bridgehead atoms. The molecule has 2 amide bonds. The third-order valence-electron chi connectivity index (χ3n) is 6.36. The van der Waals surface area contributed by atoms with Crippen LogP contribution in [-0.2, 0) is 20.9 Å². The van der Waals surface area contributed by atoms with Crippen LogP contribution in [-0.4, -0.2) is 85.4 Å². The highest BCUT2D eigenvalue weighted by Crippen LogP contribution is 2.37. The van der Waals surface area contributed by atoms with E-state index in [0.717, 1.165) is 0 Å². The Morgan fingerprint density at radius 1 is 1.23 bits per heavy atom. The second-order valence-electron chi connectivity index (χ2n) is 9.06. The maximum absolute atomic E-state index is 13.6. The van der Waals surface area contributed by atoms with Crippen LogP contribution in [0.2, 0.25) is 0 Å². The molecule has 3 N–H and O–H groups in total. The lowest BCUT2D eigenvalue weighted by molar-refractivity contribution is -0.140. The summed E-state index contributed by atoms with van der Waals surface area (Å²) in [5, 5.41) is 23.3. The largest absolute Gasteiger partial charge is 0.493 e. The van der Waals surface area contributed by atoms with E-state index in [9.17, 15) is 29.0 Å². The zero-order chi connectivity index (χ0) is 29.2. The van der Waals surface area contributed by atoms with Crippen LogP contribution < -0.4 is 14.8 Å². The van der Waals surface area contributed by atoms with Gasteiger partial charge in [0.25, 0.3) is 0 Å². The number of nitrogens with zero attached hydrogens (tertiary/aromatic N) is 1. The van der Waals surface area contributed by atoms with Crippen molar-refractivity contribution in [1.82, 2.24) is 10.2 Å². The monoisotopic (exact) mass is 670 g/mol. The smallest absolute Gasteiger partial charge is 0.247 e. The topological polar surface area (TPSA) is 135 Å². The molecule has 1 aliphatic rings. The van der Waals surface area contributed by atoms with Gasteiger partial charge in [0.15, 0.2) is 11.5 Å². The van der Waals surface area contributed by atoms with Gasteiger partial charge in [0.2, 0.25) is 11.8 Å². The Bertz CT molecular complexity index is 1220. The number of aliphatic hydroxyl groups is 2. The quantitative estimate of drug-likeness (QED) is 0.218. The SMILES string of the molecule is COCCC(=O)N(Cc1ccc(F)cc1)[C@@H]1CC(C(=O)NCCO)=C[C@H](Oc2c(I)cc(C=O)cc2OC)[C@H]1O. The molecule has 2 aromatic carbocycles. The first kappa shape index (κ1) is 31.5. The van der Waals surface area contributed by atoms with Gasteiger partial charge in [-0.1, -0.05) is 12.1 Å². The number of carbonyl (C=O) groups excluding carboxylic acids is 3. The molecule has 40 heavy (non-hydrogen) atoms. The molecule has 0 saturated carbocycles. The molecule has 2 aromatic rings. The van der Waals surface area contributed by atoms with Crippen LogP contribution in [0.3, 0.4) is 0 Å². The Labute approximate surface area is 245 Å². The van der Waals surface area contributed by atoms with E-state index in [1.165, 1.54) is 43.4 Å². The van der Waals surface area contributed by atoms with Crippen molar-refractivity contribution in [2.45, 2.75) is 37.6 Å². The molecule has 10 nitrogen and oxygen atoms in total. The molecule has 216 valence electrons. The van der Waals surface area contributed by atoms with E-state index < -0.39 is 30.0 Å². The van der Waals surface area contributed by atoms with Gasteiger partial charge in [-0.25, -0.2) is 4.39 Å². The fraction of sp³-hybridized carbons (Fsp3) is 0.393. The first-order chi connectivity index (χ1) is 19.2. The predicted molar refractivity (Wildman–Crippen MR) is 152 cm³/mol. The van der Waals surface area contributed by atoms with Crippen molar-refractivity contribution in [1.29, 1.82) is 0 Å². The van der Waals surface area contributed by atoms with Crippen LogP contribution in [0, 0.1) is 9.39 Å². The van der Waals surface area contributed by atoms with E-state index in [0.29, 0.717) is 21.0 Å². The summed E-state index contributed by atoms with van der Waals surface area (Å²) in [4.78, 5) is 39.1. The normalized spacial score (nSPS) is 18.4. The number of aldehydes is 1. The van der Waals surface area contributed by atoms with Crippen LogP contribution in [0.15, 0.2) is 48.0 Å². The number of hydrogen-bond donors (Lipinski definition) is 3. The molecular formula is C28H32FIN2O8. The van der Waals surface area contributed by atoms with Gasteiger partial charge in [0.05, 0.1) is 36.4 Å². The number of hydrogen-bond acceptors (Lipinski definition) is 8. The van der Waals surface area contributed by atoms with Crippen molar-refractivity contribution >= 4 is 40.7 Å². The first-order valence-electron chi connectivity index (χ1n) is 12.5. The Kier molecular flexibility index (Phi) is 11.9. The second-order valence-corrected chi connectivity index (χ2v) is 10.2. The summed E-state index contributed by atoms with van der Waals surface area (Å²) in [6.07, 6.45) is -0.219. The van der Waals surface area contributed by atoms with Crippen molar-refractivity contribution in [2.75, 3.05) is 34.0 Å². The third kappa shape index (κ3) is 7.99. The van der Waals surface area contributed by atoms with Crippen molar-refractivity contribution in [3.63, 3.8) is 0 Å². The molecule has 0 unspecified atom stereocenters. The summed E-state index contributed by atoms with van der Waals surface area (Å²) in [5.41, 5.74) is 1.23.